The summed E-state index contributed by atoms with van der Waals surface area (Å²) in [5.41, 5.74) is 4.12. The Morgan fingerprint density at radius 2 is 1.90 bits per heavy atom. The summed E-state index contributed by atoms with van der Waals surface area (Å²) in [4.78, 5) is 25.5. The number of thiazole rings is 1. The van der Waals surface area contributed by atoms with Gasteiger partial charge in [-0.1, -0.05) is 24.3 Å². The first-order chi connectivity index (χ1) is 20.5. The van der Waals surface area contributed by atoms with Gasteiger partial charge in [0.15, 0.2) is 0 Å². The Bertz CT molecular complexity index is 1920. The Kier molecular flexibility index (Phi) is 6.85. The lowest BCUT2D eigenvalue weighted by Crippen LogP contribution is -2.31. The molecule has 3 aromatic carbocycles. The number of ether oxygens (including phenoxy) is 2. The van der Waals surface area contributed by atoms with Crippen molar-refractivity contribution in [2.24, 2.45) is 0 Å². The predicted molar refractivity (Wildman–Crippen MR) is 157 cm³/mol. The topological polar surface area (TPSA) is 99.4 Å². The summed E-state index contributed by atoms with van der Waals surface area (Å²) >= 11 is 1.57. The van der Waals surface area contributed by atoms with E-state index >= 15 is 4.39 Å². The van der Waals surface area contributed by atoms with Crippen LogP contribution in [0.25, 0.3) is 32.5 Å². The molecular weight excluding hydrogens is 555 g/mol. The number of para-hydroxylation sites is 1. The maximum Gasteiger partial charge on any atom is 0.335 e. The first kappa shape index (κ1) is 26.2. The molecule has 1 N–H and O–H groups in total. The standard InChI is InChI=1S/C32H25FN4O4S/c33-23-14-19(15-29-34-25-11-9-20(32(38)39)16-27(25)37(29)17-21-12-13-40-21)8-10-22(23)24-5-3-7-30(35-24)41-18-31-36-26-4-1-2-6-28(26)42-31/h1-11,14,16,21H,12-13,15,17-18H2,(H,38,39)/t21-/m0/s1. The quantitative estimate of drug-likeness (QED) is 0.208. The molecule has 3 aromatic heterocycles. The third-order valence-corrected chi connectivity index (χ3v) is 8.34. The lowest BCUT2D eigenvalue weighted by molar-refractivity contribution is -0.0589. The number of carboxylic acid groups (broad SMARTS) is 1. The van der Waals surface area contributed by atoms with Crippen molar-refractivity contribution in [1.29, 1.82) is 0 Å². The molecule has 0 bridgehead atoms. The van der Waals surface area contributed by atoms with Crippen molar-refractivity contribution in [3.05, 3.63) is 107 Å². The number of fused-ring (bicyclic) bond motifs is 2. The molecule has 7 rings (SSSR count). The van der Waals surface area contributed by atoms with Crippen LogP contribution in [0.5, 0.6) is 5.88 Å². The second-order valence-corrected chi connectivity index (χ2v) is 11.3. The first-order valence-electron chi connectivity index (χ1n) is 13.6. The number of aromatic nitrogens is 4. The van der Waals surface area contributed by atoms with Gasteiger partial charge in [0.25, 0.3) is 0 Å². The second-order valence-electron chi connectivity index (χ2n) is 10.1. The zero-order valence-corrected chi connectivity index (χ0v) is 23.2. The molecule has 0 unspecified atom stereocenters. The van der Waals surface area contributed by atoms with E-state index in [1.807, 2.05) is 34.9 Å². The lowest BCUT2D eigenvalue weighted by atomic mass is 10.1. The summed E-state index contributed by atoms with van der Waals surface area (Å²) in [6.07, 6.45) is 1.35. The lowest BCUT2D eigenvalue weighted by Gasteiger charge is -2.27. The van der Waals surface area contributed by atoms with Crippen LogP contribution in [-0.2, 0) is 24.3 Å². The molecule has 42 heavy (non-hydrogen) atoms. The normalized spacial score (nSPS) is 14.7. The highest BCUT2D eigenvalue weighted by molar-refractivity contribution is 7.18. The molecule has 1 aliphatic heterocycles. The smallest absolute Gasteiger partial charge is 0.335 e. The number of carbonyl (C=O) groups is 1. The van der Waals surface area contributed by atoms with Crippen LogP contribution in [0.4, 0.5) is 4.39 Å². The number of nitrogens with zero attached hydrogens (tertiary/aromatic N) is 4. The van der Waals surface area contributed by atoms with E-state index in [1.165, 1.54) is 6.07 Å². The number of rotatable bonds is 9. The Morgan fingerprint density at radius 1 is 1.02 bits per heavy atom. The molecule has 0 saturated carbocycles. The van der Waals surface area contributed by atoms with Crippen molar-refractivity contribution in [2.75, 3.05) is 6.61 Å². The number of pyridine rings is 1. The molecule has 1 aliphatic rings. The molecule has 1 saturated heterocycles. The molecule has 0 aliphatic carbocycles. The van der Waals surface area contributed by atoms with E-state index in [2.05, 4.69) is 9.97 Å². The molecule has 0 radical (unpaired) electrons. The van der Waals surface area contributed by atoms with Crippen LogP contribution in [0.15, 0.2) is 78.9 Å². The van der Waals surface area contributed by atoms with Gasteiger partial charge in [0.1, 0.15) is 23.3 Å². The second kappa shape index (κ2) is 11.0. The van der Waals surface area contributed by atoms with Crippen molar-refractivity contribution in [1.82, 2.24) is 19.5 Å². The Hall–Kier alpha value is -4.67. The highest BCUT2D eigenvalue weighted by Crippen LogP contribution is 2.28. The van der Waals surface area contributed by atoms with Gasteiger partial charge in [-0.3, -0.25) is 0 Å². The number of benzene rings is 3. The molecule has 1 fully saturated rings. The third-order valence-electron chi connectivity index (χ3n) is 7.33. The minimum Gasteiger partial charge on any atom is -0.478 e. The number of hydrogen-bond donors (Lipinski definition) is 1. The van der Waals surface area contributed by atoms with Gasteiger partial charge >= 0.3 is 5.97 Å². The van der Waals surface area contributed by atoms with Crippen LogP contribution < -0.4 is 4.74 Å². The molecule has 210 valence electrons. The number of carboxylic acids is 1. The van der Waals surface area contributed by atoms with E-state index < -0.39 is 11.8 Å². The predicted octanol–water partition coefficient (Wildman–Crippen LogP) is 6.50. The Labute approximate surface area is 244 Å². The molecule has 4 heterocycles. The van der Waals surface area contributed by atoms with E-state index in [9.17, 15) is 9.90 Å². The molecule has 1 atom stereocenters. The van der Waals surface area contributed by atoms with Gasteiger partial charge in [0.05, 0.1) is 45.2 Å². The fourth-order valence-electron chi connectivity index (χ4n) is 5.10. The van der Waals surface area contributed by atoms with Crippen molar-refractivity contribution in [3.8, 4) is 17.1 Å². The van der Waals surface area contributed by atoms with Gasteiger partial charge in [0.2, 0.25) is 5.88 Å². The van der Waals surface area contributed by atoms with E-state index in [-0.39, 0.29) is 18.3 Å². The van der Waals surface area contributed by atoms with E-state index in [4.69, 9.17) is 14.5 Å². The number of aromatic carboxylic acids is 1. The maximum absolute atomic E-state index is 15.5. The van der Waals surface area contributed by atoms with Gasteiger partial charge in [-0.15, -0.1) is 11.3 Å². The van der Waals surface area contributed by atoms with Crippen LogP contribution >= 0.6 is 11.3 Å². The molecule has 10 heteroatoms. The molecule has 8 nitrogen and oxygen atoms in total. The summed E-state index contributed by atoms with van der Waals surface area (Å²) in [5, 5.41) is 10.3. The van der Waals surface area contributed by atoms with Crippen LogP contribution in [0.1, 0.15) is 33.2 Å². The minimum atomic E-state index is -0.997. The summed E-state index contributed by atoms with van der Waals surface area (Å²) in [6.45, 7) is 1.54. The summed E-state index contributed by atoms with van der Waals surface area (Å²) in [5.74, 6) is -0.286. The van der Waals surface area contributed by atoms with Gasteiger partial charge in [-0.05, 0) is 60.5 Å². The van der Waals surface area contributed by atoms with Crippen molar-refractivity contribution in [2.45, 2.75) is 32.1 Å². The van der Waals surface area contributed by atoms with Crippen molar-refractivity contribution < 1.29 is 23.8 Å². The van der Waals surface area contributed by atoms with Crippen LogP contribution in [0.2, 0.25) is 0 Å². The van der Waals surface area contributed by atoms with Gasteiger partial charge < -0.3 is 19.1 Å². The number of hydrogen-bond acceptors (Lipinski definition) is 7. The zero-order valence-electron chi connectivity index (χ0n) is 22.4. The molecule has 0 amide bonds. The summed E-state index contributed by atoms with van der Waals surface area (Å²) < 4.78 is 30.1. The van der Waals surface area contributed by atoms with Crippen molar-refractivity contribution in [3.63, 3.8) is 0 Å². The first-order valence-corrected chi connectivity index (χ1v) is 14.4. The fourth-order valence-corrected chi connectivity index (χ4v) is 5.98. The highest BCUT2D eigenvalue weighted by atomic mass is 32.1. The van der Waals surface area contributed by atoms with Gasteiger partial charge in [-0.2, -0.15) is 0 Å². The van der Waals surface area contributed by atoms with E-state index in [1.54, 1.807) is 53.8 Å². The van der Waals surface area contributed by atoms with Gasteiger partial charge in [0, 0.05) is 24.7 Å². The Balaban J connectivity index is 1.12. The average molecular weight is 581 g/mol. The zero-order chi connectivity index (χ0) is 28.6. The maximum atomic E-state index is 15.5. The number of imidazole rings is 1. The largest absolute Gasteiger partial charge is 0.478 e. The SMILES string of the molecule is O=C(O)c1ccc2nc(Cc3ccc(-c4cccc(OCc5nc6ccccc6s5)n4)c(F)c3)n(C[C@@H]3CCO3)c2c1. The average Bonchev–Trinajstić information content (AvgIpc) is 3.54. The Morgan fingerprint density at radius 3 is 2.69 bits per heavy atom. The minimum absolute atomic E-state index is 0.0453. The van der Waals surface area contributed by atoms with Crippen LogP contribution in [0.3, 0.4) is 0 Å². The fraction of sp³-hybridized carbons (Fsp3) is 0.188. The summed E-state index contributed by atoms with van der Waals surface area (Å²) in [6, 6.07) is 23.2. The highest BCUT2D eigenvalue weighted by Gasteiger charge is 2.23. The van der Waals surface area contributed by atoms with Gasteiger partial charge in [-0.25, -0.2) is 24.1 Å². The number of halogens is 1. The van der Waals surface area contributed by atoms with E-state index in [0.29, 0.717) is 42.2 Å². The van der Waals surface area contributed by atoms with Crippen molar-refractivity contribution >= 4 is 38.6 Å². The van der Waals surface area contributed by atoms with Crippen LogP contribution in [0, 0.1) is 5.82 Å². The molecular formula is C32H25FN4O4S. The molecule has 6 aromatic rings. The summed E-state index contributed by atoms with van der Waals surface area (Å²) in [7, 11) is 0. The molecule has 0 spiro atoms. The monoisotopic (exact) mass is 580 g/mol. The third kappa shape index (κ3) is 5.22. The van der Waals surface area contributed by atoms with E-state index in [0.717, 1.165) is 38.5 Å². The van der Waals surface area contributed by atoms with Crippen LogP contribution in [-0.4, -0.2) is 43.3 Å².